The van der Waals surface area contributed by atoms with E-state index in [1.165, 1.54) is 38.5 Å². The lowest BCUT2D eigenvalue weighted by Gasteiger charge is -2.33. The number of hydrogen-bond donors (Lipinski definition) is 0. The molecule has 84 valence electrons. The number of rotatable bonds is 6. The van der Waals surface area contributed by atoms with Gasteiger partial charge in [-0.2, -0.15) is 0 Å². The van der Waals surface area contributed by atoms with Gasteiger partial charge in [0.2, 0.25) is 0 Å². The van der Waals surface area contributed by atoms with Crippen molar-refractivity contribution < 1.29 is 0 Å². The summed E-state index contributed by atoms with van der Waals surface area (Å²) in [6.07, 6.45) is 8.86. The Morgan fingerprint density at radius 1 is 1.00 bits per heavy atom. The molecule has 1 atom stereocenters. The predicted molar refractivity (Wildman–Crippen MR) is 64.4 cm³/mol. The van der Waals surface area contributed by atoms with E-state index in [-0.39, 0.29) is 0 Å². The highest BCUT2D eigenvalue weighted by molar-refractivity contribution is 4.76. The standard InChI is InChI=1S/C14H28/c1-11(2)5-6-12(3)7-8-14-9-13(4)10-14/h11-14H,5-10H2,1-4H3. The van der Waals surface area contributed by atoms with Crippen LogP contribution in [0.4, 0.5) is 0 Å². The van der Waals surface area contributed by atoms with E-state index in [0.717, 1.165) is 23.7 Å². The van der Waals surface area contributed by atoms with Crippen molar-refractivity contribution >= 4 is 0 Å². The predicted octanol–water partition coefficient (Wildman–Crippen LogP) is 4.89. The largest absolute Gasteiger partial charge is 0.0628 e. The van der Waals surface area contributed by atoms with Crippen molar-refractivity contribution in [3.63, 3.8) is 0 Å². The monoisotopic (exact) mass is 196 g/mol. The van der Waals surface area contributed by atoms with Crippen LogP contribution in [0.2, 0.25) is 0 Å². The average molecular weight is 196 g/mol. The van der Waals surface area contributed by atoms with Gasteiger partial charge in [-0.15, -0.1) is 0 Å². The molecule has 0 heterocycles. The molecule has 0 aromatic carbocycles. The second-order valence-corrected chi connectivity index (χ2v) is 6.10. The fraction of sp³-hybridized carbons (Fsp3) is 1.00. The highest BCUT2D eigenvalue weighted by Gasteiger charge is 2.24. The summed E-state index contributed by atoms with van der Waals surface area (Å²) in [5, 5.41) is 0. The highest BCUT2D eigenvalue weighted by atomic mass is 14.3. The third-order valence-corrected chi connectivity index (χ3v) is 3.78. The van der Waals surface area contributed by atoms with Crippen molar-refractivity contribution in [1.82, 2.24) is 0 Å². The molecule has 0 radical (unpaired) electrons. The smallest absolute Gasteiger partial charge is 0.0409 e. The van der Waals surface area contributed by atoms with E-state index in [1.807, 2.05) is 0 Å². The molecule has 0 amide bonds. The summed E-state index contributed by atoms with van der Waals surface area (Å²) < 4.78 is 0. The van der Waals surface area contributed by atoms with E-state index in [9.17, 15) is 0 Å². The van der Waals surface area contributed by atoms with Gasteiger partial charge in [-0.05, 0) is 36.5 Å². The van der Waals surface area contributed by atoms with Crippen molar-refractivity contribution in [2.24, 2.45) is 23.7 Å². The zero-order valence-electron chi connectivity index (χ0n) is 10.6. The maximum Gasteiger partial charge on any atom is -0.0409 e. The molecule has 0 saturated heterocycles. The van der Waals surface area contributed by atoms with Crippen molar-refractivity contribution in [2.75, 3.05) is 0 Å². The minimum absolute atomic E-state index is 0.890. The molecule has 1 aliphatic rings. The molecular weight excluding hydrogens is 168 g/mol. The van der Waals surface area contributed by atoms with E-state index in [0.29, 0.717) is 0 Å². The van der Waals surface area contributed by atoms with Crippen molar-refractivity contribution in [3.05, 3.63) is 0 Å². The van der Waals surface area contributed by atoms with E-state index in [1.54, 1.807) is 0 Å². The van der Waals surface area contributed by atoms with Crippen molar-refractivity contribution in [1.29, 1.82) is 0 Å². The maximum absolute atomic E-state index is 2.43. The van der Waals surface area contributed by atoms with E-state index in [2.05, 4.69) is 27.7 Å². The summed E-state index contributed by atoms with van der Waals surface area (Å²) in [5.74, 6) is 3.98. The summed E-state index contributed by atoms with van der Waals surface area (Å²) in [6.45, 7) is 9.49. The van der Waals surface area contributed by atoms with E-state index in [4.69, 9.17) is 0 Å². The Balaban J connectivity index is 1.95. The third kappa shape index (κ3) is 4.48. The Hall–Kier alpha value is 0. The highest BCUT2D eigenvalue weighted by Crippen LogP contribution is 2.37. The first kappa shape index (κ1) is 12.1. The van der Waals surface area contributed by atoms with Gasteiger partial charge < -0.3 is 0 Å². The van der Waals surface area contributed by atoms with Gasteiger partial charge in [0.1, 0.15) is 0 Å². The van der Waals surface area contributed by atoms with Crippen molar-refractivity contribution in [2.45, 2.75) is 66.2 Å². The molecule has 0 bridgehead atoms. The summed E-state index contributed by atoms with van der Waals surface area (Å²) in [6, 6.07) is 0. The zero-order chi connectivity index (χ0) is 10.6. The van der Waals surface area contributed by atoms with Gasteiger partial charge in [0.25, 0.3) is 0 Å². The zero-order valence-corrected chi connectivity index (χ0v) is 10.6. The Morgan fingerprint density at radius 3 is 2.14 bits per heavy atom. The van der Waals surface area contributed by atoms with Gasteiger partial charge in [0.05, 0.1) is 0 Å². The normalized spacial score (nSPS) is 28.9. The van der Waals surface area contributed by atoms with Crippen LogP contribution in [0.15, 0.2) is 0 Å². The van der Waals surface area contributed by atoms with E-state index >= 15 is 0 Å². The van der Waals surface area contributed by atoms with Crippen LogP contribution in [0, 0.1) is 23.7 Å². The molecule has 1 saturated carbocycles. The van der Waals surface area contributed by atoms with Gasteiger partial charge in [-0.3, -0.25) is 0 Å². The van der Waals surface area contributed by atoms with Crippen LogP contribution in [0.25, 0.3) is 0 Å². The van der Waals surface area contributed by atoms with Crippen LogP contribution in [-0.2, 0) is 0 Å². The Labute approximate surface area is 90.5 Å². The van der Waals surface area contributed by atoms with Gasteiger partial charge in [-0.1, -0.05) is 53.4 Å². The molecule has 0 heteroatoms. The molecule has 1 aliphatic carbocycles. The molecule has 0 aromatic heterocycles. The lowest BCUT2D eigenvalue weighted by Crippen LogP contribution is -2.21. The van der Waals surface area contributed by atoms with Crippen LogP contribution < -0.4 is 0 Å². The first-order valence-electron chi connectivity index (χ1n) is 6.58. The number of hydrogen-bond acceptors (Lipinski definition) is 0. The molecule has 0 aliphatic heterocycles. The molecule has 0 aromatic rings. The molecule has 1 rings (SSSR count). The summed E-state index contributed by atoms with van der Waals surface area (Å²) in [4.78, 5) is 0. The summed E-state index contributed by atoms with van der Waals surface area (Å²) >= 11 is 0. The Kier molecular flexibility index (Phi) is 4.98. The minimum Gasteiger partial charge on any atom is -0.0628 e. The summed E-state index contributed by atoms with van der Waals surface area (Å²) in [5.41, 5.74) is 0. The second-order valence-electron chi connectivity index (χ2n) is 6.10. The van der Waals surface area contributed by atoms with Crippen LogP contribution in [0.5, 0.6) is 0 Å². The fourth-order valence-corrected chi connectivity index (χ4v) is 2.59. The van der Waals surface area contributed by atoms with Crippen LogP contribution in [0.1, 0.15) is 66.2 Å². The molecule has 1 unspecified atom stereocenters. The molecule has 0 N–H and O–H groups in total. The SMILES string of the molecule is CC(C)CCC(C)CCC1CC(C)C1. The molecule has 0 nitrogen and oxygen atoms in total. The second kappa shape index (κ2) is 5.78. The van der Waals surface area contributed by atoms with Crippen LogP contribution in [-0.4, -0.2) is 0 Å². The molecule has 1 fully saturated rings. The Bertz CT molecular complexity index is 142. The molecule has 14 heavy (non-hydrogen) atoms. The molecular formula is C14H28. The van der Waals surface area contributed by atoms with Gasteiger partial charge in [-0.25, -0.2) is 0 Å². The third-order valence-electron chi connectivity index (χ3n) is 3.78. The maximum atomic E-state index is 2.43. The first-order valence-corrected chi connectivity index (χ1v) is 6.58. The summed E-state index contributed by atoms with van der Waals surface area (Å²) in [7, 11) is 0. The lowest BCUT2D eigenvalue weighted by molar-refractivity contribution is 0.186. The molecule has 0 spiro atoms. The fourth-order valence-electron chi connectivity index (χ4n) is 2.59. The first-order chi connectivity index (χ1) is 6.58. The van der Waals surface area contributed by atoms with Crippen LogP contribution >= 0.6 is 0 Å². The van der Waals surface area contributed by atoms with Gasteiger partial charge in [0, 0.05) is 0 Å². The van der Waals surface area contributed by atoms with Gasteiger partial charge >= 0.3 is 0 Å². The van der Waals surface area contributed by atoms with E-state index < -0.39 is 0 Å². The lowest BCUT2D eigenvalue weighted by atomic mass is 9.73. The van der Waals surface area contributed by atoms with Crippen molar-refractivity contribution in [3.8, 4) is 0 Å². The minimum atomic E-state index is 0.890. The average Bonchev–Trinajstić information content (AvgIpc) is 2.07. The van der Waals surface area contributed by atoms with Crippen LogP contribution in [0.3, 0.4) is 0 Å². The quantitative estimate of drug-likeness (QED) is 0.567. The van der Waals surface area contributed by atoms with Gasteiger partial charge in [0.15, 0.2) is 0 Å². The topological polar surface area (TPSA) is 0 Å². The Morgan fingerprint density at radius 2 is 1.64 bits per heavy atom.